The number of carbonyl (C=O) groups is 1. The number of amides is 1. The summed E-state index contributed by atoms with van der Waals surface area (Å²) in [6.45, 7) is 3.92. The minimum Gasteiger partial charge on any atom is -0.331 e. The highest BCUT2D eigenvalue weighted by molar-refractivity contribution is 7.13. The summed E-state index contributed by atoms with van der Waals surface area (Å²) in [5.74, 6) is 0.195. The molecule has 2 saturated heterocycles. The number of carbonyl (C=O) groups excluding carboxylic acids is 1. The zero-order chi connectivity index (χ0) is 16.5. The normalized spacial score (nSPS) is 23.3. The molecule has 2 unspecified atom stereocenters. The van der Waals surface area contributed by atoms with E-state index >= 15 is 0 Å². The molecule has 4 rings (SSSR count). The van der Waals surface area contributed by atoms with E-state index in [1.165, 1.54) is 5.56 Å². The first kappa shape index (κ1) is 15.8. The van der Waals surface area contributed by atoms with Gasteiger partial charge in [-0.2, -0.15) is 0 Å². The van der Waals surface area contributed by atoms with Gasteiger partial charge in [0.05, 0.1) is 10.7 Å². The molecule has 3 heterocycles. The molecule has 2 aromatic rings. The average Bonchev–Trinajstić information content (AvgIpc) is 3.06. The quantitative estimate of drug-likeness (QED) is 0.933. The minimum absolute atomic E-state index is 0.195. The van der Waals surface area contributed by atoms with Crippen molar-refractivity contribution in [3.05, 3.63) is 51.5 Å². The van der Waals surface area contributed by atoms with E-state index in [2.05, 4.69) is 27.3 Å². The van der Waals surface area contributed by atoms with Crippen LogP contribution in [0.3, 0.4) is 0 Å². The highest BCUT2D eigenvalue weighted by Gasteiger charge is 2.39. The molecule has 4 nitrogen and oxygen atoms in total. The van der Waals surface area contributed by atoms with E-state index in [1.54, 1.807) is 11.3 Å². The predicted molar refractivity (Wildman–Crippen MR) is 96.6 cm³/mol. The number of nitrogens with one attached hydrogen (secondary N) is 1. The average molecular weight is 341 g/mol. The molecule has 0 saturated carbocycles. The molecular weight excluding hydrogens is 318 g/mol. The van der Waals surface area contributed by atoms with Crippen molar-refractivity contribution in [3.63, 3.8) is 0 Å². The number of rotatable bonds is 3. The zero-order valence-corrected chi connectivity index (χ0v) is 14.8. The fourth-order valence-corrected chi connectivity index (χ4v) is 4.97. The van der Waals surface area contributed by atoms with Gasteiger partial charge >= 0.3 is 0 Å². The Kier molecular flexibility index (Phi) is 4.37. The molecule has 126 valence electrons. The number of benzene rings is 1. The number of thiazole rings is 1. The van der Waals surface area contributed by atoms with E-state index in [9.17, 15) is 4.79 Å². The molecule has 1 aromatic heterocycles. The Morgan fingerprint density at radius 3 is 2.88 bits per heavy atom. The molecule has 2 fully saturated rings. The molecule has 0 spiro atoms. The predicted octanol–water partition coefficient (Wildman–Crippen LogP) is 3.01. The summed E-state index contributed by atoms with van der Waals surface area (Å²) in [5, 5.41) is 4.49. The fraction of sp³-hybridized carbons (Fsp3) is 0.474. The van der Waals surface area contributed by atoms with Crippen molar-refractivity contribution in [2.45, 2.75) is 44.7 Å². The maximum absolute atomic E-state index is 13.2. The summed E-state index contributed by atoms with van der Waals surface area (Å²) in [6.07, 6.45) is 4.13. The van der Waals surface area contributed by atoms with E-state index in [4.69, 9.17) is 0 Å². The van der Waals surface area contributed by atoms with Crippen LogP contribution in [0.4, 0.5) is 0 Å². The number of aryl methyl sites for hydroxylation is 1. The van der Waals surface area contributed by atoms with Crippen LogP contribution in [0.5, 0.6) is 0 Å². The van der Waals surface area contributed by atoms with Crippen molar-refractivity contribution in [2.75, 3.05) is 13.1 Å². The fourth-order valence-electron chi connectivity index (χ4n) is 3.93. The van der Waals surface area contributed by atoms with Crippen LogP contribution in [0.25, 0.3) is 0 Å². The topological polar surface area (TPSA) is 45.2 Å². The molecule has 2 aliphatic rings. The molecular formula is C19H23N3OS. The second-order valence-electron chi connectivity index (χ2n) is 6.77. The van der Waals surface area contributed by atoms with Crippen molar-refractivity contribution < 1.29 is 4.79 Å². The van der Waals surface area contributed by atoms with Crippen LogP contribution in [0, 0.1) is 6.92 Å². The number of hydrogen-bond acceptors (Lipinski definition) is 4. The van der Waals surface area contributed by atoms with Crippen molar-refractivity contribution in [3.8, 4) is 0 Å². The minimum atomic E-state index is 0.195. The van der Waals surface area contributed by atoms with E-state index < -0.39 is 0 Å². The molecule has 1 amide bonds. The Hall–Kier alpha value is -1.72. The summed E-state index contributed by atoms with van der Waals surface area (Å²) in [4.78, 5) is 20.8. The largest absolute Gasteiger partial charge is 0.331 e. The molecule has 0 radical (unpaired) electrons. The lowest BCUT2D eigenvalue weighted by molar-refractivity contribution is 0.0684. The Morgan fingerprint density at radius 2 is 2.04 bits per heavy atom. The van der Waals surface area contributed by atoms with Gasteiger partial charge in [-0.3, -0.25) is 4.79 Å². The highest BCUT2D eigenvalue weighted by Crippen LogP contribution is 2.32. The van der Waals surface area contributed by atoms with Gasteiger partial charge in [0.1, 0.15) is 4.88 Å². The van der Waals surface area contributed by atoms with Crippen LogP contribution in [0.15, 0.2) is 30.3 Å². The van der Waals surface area contributed by atoms with Gasteiger partial charge in [0, 0.05) is 25.0 Å². The van der Waals surface area contributed by atoms with Gasteiger partial charge in [0.15, 0.2) is 0 Å². The van der Waals surface area contributed by atoms with Crippen molar-refractivity contribution in [2.24, 2.45) is 0 Å². The van der Waals surface area contributed by atoms with Crippen LogP contribution < -0.4 is 5.32 Å². The van der Waals surface area contributed by atoms with E-state index in [0.717, 1.165) is 54.4 Å². The highest BCUT2D eigenvalue weighted by atomic mass is 32.1. The van der Waals surface area contributed by atoms with Crippen molar-refractivity contribution in [1.82, 2.24) is 15.2 Å². The summed E-state index contributed by atoms with van der Waals surface area (Å²) in [7, 11) is 0. The summed E-state index contributed by atoms with van der Waals surface area (Å²) in [6, 6.07) is 11.1. The van der Waals surface area contributed by atoms with Gasteiger partial charge in [-0.05, 0) is 38.3 Å². The first-order chi connectivity index (χ1) is 11.7. The van der Waals surface area contributed by atoms with Crippen LogP contribution in [-0.4, -0.2) is 41.0 Å². The van der Waals surface area contributed by atoms with Gasteiger partial charge in [-0.1, -0.05) is 30.3 Å². The second-order valence-corrected chi connectivity index (χ2v) is 7.86. The third-order valence-corrected chi connectivity index (χ3v) is 6.27. The first-order valence-corrected chi connectivity index (χ1v) is 9.57. The number of hydrogen-bond donors (Lipinski definition) is 1. The molecule has 1 N–H and O–H groups in total. The van der Waals surface area contributed by atoms with E-state index in [0.29, 0.717) is 12.1 Å². The van der Waals surface area contributed by atoms with Crippen LogP contribution >= 0.6 is 11.3 Å². The number of fused-ring (bicyclic) bond motifs is 2. The summed E-state index contributed by atoms with van der Waals surface area (Å²) >= 11 is 1.57. The molecule has 2 bridgehead atoms. The smallest absolute Gasteiger partial charge is 0.266 e. The molecule has 2 atom stereocenters. The molecule has 24 heavy (non-hydrogen) atoms. The molecule has 5 heteroatoms. The third-order valence-electron chi connectivity index (χ3n) is 5.12. The Bertz CT molecular complexity index is 713. The SMILES string of the molecule is Cc1nc(Cc2ccccc2)sc1C(=O)N1C2CCNCC1CC2. The van der Waals surface area contributed by atoms with E-state index in [-0.39, 0.29) is 5.91 Å². The Balaban J connectivity index is 1.57. The third kappa shape index (κ3) is 2.98. The Morgan fingerprint density at radius 1 is 1.25 bits per heavy atom. The van der Waals surface area contributed by atoms with Gasteiger partial charge in [0.2, 0.25) is 0 Å². The lowest BCUT2D eigenvalue weighted by Gasteiger charge is -2.27. The lowest BCUT2D eigenvalue weighted by Crippen LogP contribution is -2.42. The van der Waals surface area contributed by atoms with Crippen molar-refractivity contribution in [1.29, 1.82) is 0 Å². The van der Waals surface area contributed by atoms with Gasteiger partial charge in [0.25, 0.3) is 5.91 Å². The summed E-state index contributed by atoms with van der Waals surface area (Å²) in [5.41, 5.74) is 2.12. The molecule has 2 aliphatic heterocycles. The van der Waals surface area contributed by atoms with Crippen LogP contribution in [0.2, 0.25) is 0 Å². The second kappa shape index (κ2) is 6.65. The molecule has 0 aliphatic carbocycles. The Labute approximate surface area is 146 Å². The maximum Gasteiger partial charge on any atom is 0.266 e. The van der Waals surface area contributed by atoms with Crippen LogP contribution in [0.1, 0.15) is 45.2 Å². The van der Waals surface area contributed by atoms with Gasteiger partial charge < -0.3 is 10.2 Å². The zero-order valence-electron chi connectivity index (χ0n) is 14.0. The number of nitrogens with zero attached hydrogens (tertiary/aromatic N) is 2. The molecule has 1 aromatic carbocycles. The van der Waals surface area contributed by atoms with E-state index in [1.807, 2.05) is 25.1 Å². The first-order valence-electron chi connectivity index (χ1n) is 8.76. The van der Waals surface area contributed by atoms with Gasteiger partial charge in [-0.25, -0.2) is 4.98 Å². The monoisotopic (exact) mass is 341 g/mol. The van der Waals surface area contributed by atoms with Gasteiger partial charge in [-0.15, -0.1) is 11.3 Å². The van der Waals surface area contributed by atoms with Crippen molar-refractivity contribution >= 4 is 17.2 Å². The number of aromatic nitrogens is 1. The lowest BCUT2D eigenvalue weighted by atomic mass is 10.1. The standard InChI is InChI=1S/C19H23N3OS/c1-13-18(24-17(21-13)11-14-5-3-2-4-6-14)19(23)22-15-7-8-16(22)12-20-10-9-15/h2-6,15-16,20H,7-12H2,1H3. The maximum atomic E-state index is 13.2. The summed E-state index contributed by atoms with van der Waals surface area (Å²) < 4.78 is 0. The van der Waals surface area contributed by atoms with Crippen LogP contribution in [-0.2, 0) is 6.42 Å².